The van der Waals surface area contributed by atoms with Gasteiger partial charge < -0.3 is 14.8 Å². The number of aryl methyl sites for hydroxylation is 2. The zero-order valence-corrected chi connectivity index (χ0v) is 20.3. The summed E-state index contributed by atoms with van der Waals surface area (Å²) in [6, 6.07) is 21.1. The van der Waals surface area contributed by atoms with Crippen LogP contribution in [0, 0.1) is 13.8 Å². The van der Waals surface area contributed by atoms with Crippen molar-refractivity contribution in [3.05, 3.63) is 89.0 Å². The first-order chi connectivity index (χ1) is 16.9. The largest absolute Gasteiger partial charge is 0.490 e. The van der Waals surface area contributed by atoms with E-state index in [0.29, 0.717) is 24.7 Å². The van der Waals surface area contributed by atoms with Crippen LogP contribution in [0.5, 0.6) is 11.5 Å². The highest BCUT2D eigenvalue weighted by atomic mass is 16.5. The van der Waals surface area contributed by atoms with Crippen LogP contribution in [0.4, 0.5) is 5.69 Å². The van der Waals surface area contributed by atoms with Gasteiger partial charge in [-0.2, -0.15) is 5.10 Å². The van der Waals surface area contributed by atoms with Crippen LogP contribution in [0.1, 0.15) is 42.0 Å². The molecule has 0 aliphatic heterocycles. The second-order valence-electron chi connectivity index (χ2n) is 8.07. The number of carbonyl (C=O) groups excluding carboxylic acids is 2. The second-order valence-corrected chi connectivity index (χ2v) is 8.07. The summed E-state index contributed by atoms with van der Waals surface area (Å²) in [5.74, 6) is 0.668. The second kappa shape index (κ2) is 12.9. The fourth-order valence-electron chi connectivity index (χ4n) is 3.23. The Balaban J connectivity index is 1.49. The van der Waals surface area contributed by atoms with E-state index in [1.165, 1.54) is 11.8 Å². The summed E-state index contributed by atoms with van der Waals surface area (Å²) in [5.41, 5.74) is 7.18. The molecular formula is C28H31N3O4. The van der Waals surface area contributed by atoms with Gasteiger partial charge in [-0.05, 0) is 61.7 Å². The van der Waals surface area contributed by atoms with Crippen molar-refractivity contribution >= 4 is 23.7 Å². The van der Waals surface area contributed by atoms with Crippen molar-refractivity contribution in [2.75, 3.05) is 11.9 Å². The number of rotatable bonds is 11. The standard InChI is InChI=1S/C28H31N3O4/c1-4-34-26-17-23(13-14-25(26)35-19-22-11-9-20(2)10-12-22)18-29-31-28(33)16-15-27(32)30-24-8-6-5-7-21(24)3/h5-14,17-18H,4,15-16,19H2,1-3H3,(H,30,32)(H,31,33). The third kappa shape index (κ3) is 8.30. The lowest BCUT2D eigenvalue weighted by Crippen LogP contribution is -2.20. The van der Waals surface area contributed by atoms with E-state index >= 15 is 0 Å². The first-order valence-electron chi connectivity index (χ1n) is 11.6. The maximum absolute atomic E-state index is 12.1. The zero-order valence-electron chi connectivity index (χ0n) is 20.3. The van der Waals surface area contributed by atoms with Crippen LogP contribution in [0.25, 0.3) is 0 Å². The molecule has 7 nitrogen and oxygen atoms in total. The normalized spacial score (nSPS) is 10.7. The van der Waals surface area contributed by atoms with Gasteiger partial charge in [0.15, 0.2) is 11.5 Å². The predicted molar refractivity (Wildman–Crippen MR) is 138 cm³/mol. The Morgan fingerprint density at radius 1 is 0.886 bits per heavy atom. The molecule has 3 rings (SSSR count). The van der Waals surface area contributed by atoms with Crippen molar-refractivity contribution in [2.24, 2.45) is 5.10 Å². The van der Waals surface area contributed by atoms with E-state index in [4.69, 9.17) is 9.47 Å². The third-order valence-electron chi connectivity index (χ3n) is 5.18. The van der Waals surface area contributed by atoms with Gasteiger partial charge in [-0.15, -0.1) is 0 Å². The predicted octanol–water partition coefficient (Wildman–Crippen LogP) is 5.15. The molecule has 2 amide bonds. The van der Waals surface area contributed by atoms with Crippen molar-refractivity contribution in [1.82, 2.24) is 5.43 Å². The van der Waals surface area contributed by atoms with Crippen LogP contribution in [-0.4, -0.2) is 24.6 Å². The highest BCUT2D eigenvalue weighted by Crippen LogP contribution is 2.29. The highest BCUT2D eigenvalue weighted by Gasteiger charge is 2.09. The quantitative estimate of drug-likeness (QED) is 0.298. The minimum absolute atomic E-state index is 0.0328. The summed E-state index contributed by atoms with van der Waals surface area (Å²) in [6.45, 7) is 6.78. The molecule has 0 saturated heterocycles. The lowest BCUT2D eigenvalue weighted by atomic mass is 10.2. The van der Waals surface area contributed by atoms with Crippen LogP contribution in [-0.2, 0) is 16.2 Å². The molecule has 2 N–H and O–H groups in total. The average Bonchev–Trinajstić information content (AvgIpc) is 2.85. The molecule has 35 heavy (non-hydrogen) atoms. The van der Waals surface area contributed by atoms with Crippen molar-refractivity contribution < 1.29 is 19.1 Å². The Morgan fingerprint density at radius 3 is 2.37 bits per heavy atom. The van der Waals surface area contributed by atoms with Crippen molar-refractivity contribution in [2.45, 2.75) is 40.2 Å². The Labute approximate surface area is 206 Å². The number of nitrogens with zero attached hydrogens (tertiary/aromatic N) is 1. The van der Waals surface area contributed by atoms with Crippen LogP contribution >= 0.6 is 0 Å². The summed E-state index contributed by atoms with van der Waals surface area (Å²) in [4.78, 5) is 24.2. The monoisotopic (exact) mass is 473 g/mol. The van der Waals surface area contributed by atoms with Gasteiger partial charge in [0, 0.05) is 18.5 Å². The number of para-hydroxylation sites is 1. The molecule has 0 unspecified atom stereocenters. The Kier molecular flexibility index (Phi) is 9.42. The molecule has 0 spiro atoms. The summed E-state index contributed by atoms with van der Waals surface area (Å²) in [6.07, 6.45) is 1.62. The molecule has 3 aromatic carbocycles. The van der Waals surface area contributed by atoms with Gasteiger partial charge in [-0.25, -0.2) is 5.43 Å². The highest BCUT2D eigenvalue weighted by molar-refractivity contribution is 5.94. The van der Waals surface area contributed by atoms with Gasteiger partial charge >= 0.3 is 0 Å². The van der Waals surface area contributed by atoms with Gasteiger partial charge in [0.1, 0.15) is 6.61 Å². The number of carbonyl (C=O) groups is 2. The molecule has 7 heteroatoms. The van der Waals surface area contributed by atoms with E-state index in [-0.39, 0.29) is 24.7 Å². The number of benzene rings is 3. The van der Waals surface area contributed by atoms with Gasteiger partial charge in [-0.1, -0.05) is 48.0 Å². The minimum Gasteiger partial charge on any atom is -0.490 e. The SMILES string of the molecule is CCOc1cc(C=NNC(=O)CCC(=O)Nc2ccccc2C)ccc1OCc1ccc(C)cc1. The van der Waals surface area contributed by atoms with E-state index in [0.717, 1.165) is 22.4 Å². The van der Waals surface area contributed by atoms with Gasteiger partial charge in [0.05, 0.1) is 12.8 Å². The lowest BCUT2D eigenvalue weighted by Gasteiger charge is -2.13. The van der Waals surface area contributed by atoms with Gasteiger partial charge in [-0.3, -0.25) is 9.59 Å². The molecule has 0 aliphatic carbocycles. The molecule has 0 aliphatic rings. The van der Waals surface area contributed by atoms with Crippen molar-refractivity contribution in [3.8, 4) is 11.5 Å². The fourth-order valence-corrected chi connectivity index (χ4v) is 3.23. The lowest BCUT2D eigenvalue weighted by molar-refractivity contribution is -0.124. The van der Waals surface area contributed by atoms with Crippen LogP contribution in [0.15, 0.2) is 71.8 Å². The minimum atomic E-state index is -0.343. The molecule has 0 atom stereocenters. The number of hydrazone groups is 1. The number of ether oxygens (including phenoxy) is 2. The van der Waals surface area contributed by atoms with E-state index < -0.39 is 0 Å². The average molecular weight is 474 g/mol. The summed E-state index contributed by atoms with van der Waals surface area (Å²) in [5, 5.41) is 6.81. The summed E-state index contributed by atoms with van der Waals surface area (Å²) >= 11 is 0. The topological polar surface area (TPSA) is 89.0 Å². The zero-order chi connectivity index (χ0) is 25.0. The third-order valence-corrected chi connectivity index (χ3v) is 5.18. The molecule has 0 aromatic heterocycles. The Morgan fingerprint density at radius 2 is 1.63 bits per heavy atom. The molecule has 182 valence electrons. The molecule has 3 aromatic rings. The first-order valence-corrected chi connectivity index (χ1v) is 11.6. The smallest absolute Gasteiger partial charge is 0.240 e. The maximum Gasteiger partial charge on any atom is 0.240 e. The van der Waals surface area contributed by atoms with E-state index in [2.05, 4.69) is 15.8 Å². The van der Waals surface area contributed by atoms with Gasteiger partial charge in [0.25, 0.3) is 0 Å². The van der Waals surface area contributed by atoms with E-state index in [9.17, 15) is 9.59 Å². The molecule has 0 saturated carbocycles. The van der Waals surface area contributed by atoms with Crippen molar-refractivity contribution in [3.63, 3.8) is 0 Å². The number of nitrogens with one attached hydrogen (secondary N) is 2. The molecule has 0 heterocycles. The molecule has 0 radical (unpaired) electrons. The fraction of sp³-hybridized carbons (Fsp3) is 0.250. The maximum atomic E-state index is 12.1. The number of amides is 2. The van der Waals surface area contributed by atoms with Crippen molar-refractivity contribution in [1.29, 1.82) is 0 Å². The van der Waals surface area contributed by atoms with E-state index in [1.54, 1.807) is 6.07 Å². The first kappa shape index (κ1) is 25.5. The number of hydrogen-bond donors (Lipinski definition) is 2. The van der Waals surface area contributed by atoms with Crippen LogP contribution in [0.3, 0.4) is 0 Å². The summed E-state index contributed by atoms with van der Waals surface area (Å²) < 4.78 is 11.7. The Hall–Kier alpha value is -4.13. The number of hydrogen-bond acceptors (Lipinski definition) is 5. The molecule has 0 fully saturated rings. The summed E-state index contributed by atoms with van der Waals surface area (Å²) in [7, 11) is 0. The van der Waals surface area contributed by atoms with E-state index in [1.807, 2.05) is 81.4 Å². The molecular weight excluding hydrogens is 442 g/mol. The van der Waals surface area contributed by atoms with Crippen LogP contribution < -0.4 is 20.2 Å². The van der Waals surface area contributed by atoms with Crippen LogP contribution in [0.2, 0.25) is 0 Å². The molecule has 0 bridgehead atoms. The number of anilines is 1. The Bertz CT molecular complexity index is 1170. The van der Waals surface area contributed by atoms with Gasteiger partial charge in [0.2, 0.25) is 11.8 Å².